The second kappa shape index (κ2) is 8.93. The summed E-state index contributed by atoms with van der Waals surface area (Å²) in [6.45, 7) is 2.92. The monoisotopic (exact) mass is 393 g/mol. The van der Waals surface area contributed by atoms with Crippen molar-refractivity contribution in [3.63, 3.8) is 0 Å². The van der Waals surface area contributed by atoms with Crippen molar-refractivity contribution in [2.45, 2.75) is 57.2 Å². The van der Waals surface area contributed by atoms with E-state index in [1.807, 2.05) is 29.2 Å². The minimum atomic E-state index is -0.308. The number of hydrogen-bond donors (Lipinski definition) is 3. The number of carbonyl (C=O) groups is 2. The molecular formula is C20H28ClN3O3. The molecule has 3 N–H and O–H groups in total. The molecule has 1 aliphatic heterocycles. The molecule has 0 spiro atoms. The molecule has 3 amide bonds. The first-order valence-electron chi connectivity index (χ1n) is 9.68. The Balaban J connectivity index is 1.62. The summed E-state index contributed by atoms with van der Waals surface area (Å²) in [5, 5.41) is 16.7. The Morgan fingerprint density at radius 2 is 1.96 bits per heavy atom. The van der Waals surface area contributed by atoms with Gasteiger partial charge in [-0.25, -0.2) is 4.79 Å². The van der Waals surface area contributed by atoms with Crippen molar-refractivity contribution in [1.82, 2.24) is 15.5 Å². The highest BCUT2D eigenvalue weighted by Gasteiger charge is 2.32. The molecule has 2 fully saturated rings. The van der Waals surface area contributed by atoms with Gasteiger partial charge in [-0.3, -0.25) is 4.79 Å². The molecule has 1 heterocycles. The van der Waals surface area contributed by atoms with Crippen LogP contribution in [-0.2, 0) is 4.79 Å². The number of benzene rings is 1. The van der Waals surface area contributed by atoms with Crippen LogP contribution in [0.2, 0.25) is 5.02 Å². The predicted octanol–water partition coefficient (Wildman–Crippen LogP) is 2.85. The Kier molecular flexibility index (Phi) is 6.60. The van der Waals surface area contributed by atoms with Gasteiger partial charge in [-0.05, 0) is 55.7 Å². The van der Waals surface area contributed by atoms with Crippen LogP contribution in [0, 0.1) is 5.92 Å². The molecule has 0 radical (unpaired) electrons. The predicted molar refractivity (Wildman–Crippen MR) is 104 cm³/mol. The zero-order valence-corrected chi connectivity index (χ0v) is 16.4. The molecule has 3 atom stereocenters. The zero-order valence-electron chi connectivity index (χ0n) is 15.7. The van der Waals surface area contributed by atoms with Crippen LogP contribution >= 0.6 is 11.6 Å². The SMILES string of the molecule is CC(=O)N1CCC(NC(=O)N[C@H](c2cccc(Cl)c2)C2CCC(O)C2)CC1. The number of aliphatic hydroxyl groups is 1. The van der Waals surface area contributed by atoms with Gasteiger partial charge in [0.2, 0.25) is 5.91 Å². The van der Waals surface area contributed by atoms with Crippen LogP contribution in [0.3, 0.4) is 0 Å². The fraction of sp³-hybridized carbons (Fsp3) is 0.600. The molecule has 27 heavy (non-hydrogen) atoms. The Bertz CT molecular complexity index is 676. The van der Waals surface area contributed by atoms with Gasteiger partial charge in [-0.2, -0.15) is 0 Å². The van der Waals surface area contributed by atoms with Gasteiger partial charge >= 0.3 is 6.03 Å². The van der Waals surface area contributed by atoms with Gasteiger partial charge in [0.1, 0.15) is 0 Å². The maximum absolute atomic E-state index is 12.6. The molecule has 1 aliphatic carbocycles. The summed E-state index contributed by atoms with van der Waals surface area (Å²) in [6.07, 6.45) is 3.52. The van der Waals surface area contributed by atoms with Gasteiger partial charge in [-0.1, -0.05) is 23.7 Å². The normalized spacial score (nSPS) is 24.5. The average Bonchev–Trinajstić information content (AvgIpc) is 3.06. The molecule has 0 aromatic heterocycles. The van der Waals surface area contributed by atoms with Crippen molar-refractivity contribution >= 4 is 23.5 Å². The molecule has 0 bridgehead atoms. The maximum Gasteiger partial charge on any atom is 0.315 e. The lowest BCUT2D eigenvalue weighted by molar-refractivity contribution is -0.129. The minimum absolute atomic E-state index is 0.0646. The smallest absolute Gasteiger partial charge is 0.315 e. The summed E-state index contributed by atoms with van der Waals surface area (Å²) in [5.74, 6) is 0.266. The maximum atomic E-state index is 12.6. The van der Waals surface area contributed by atoms with E-state index in [2.05, 4.69) is 10.6 Å². The number of nitrogens with one attached hydrogen (secondary N) is 2. The second-order valence-corrected chi connectivity index (χ2v) is 8.09. The quantitative estimate of drug-likeness (QED) is 0.735. The first-order valence-corrected chi connectivity index (χ1v) is 10.1. The summed E-state index contributed by atoms with van der Waals surface area (Å²) >= 11 is 6.15. The van der Waals surface area contributed by atoms with E-state index in [1.165, 1.54) is 0 Å². The number of halogens is 1. The summed E-state index contributed by atoms with van der Waals surface area (Å²) in [7, 11) is 0. The fourth-order valence-electron chi connectivity index (χ4n) is 4.17. The van der Waals surface area contributed by atoms with Crippen LogP contribution in [0.5, 0.6) is 0 Å². The van der Waals surface area contributed by atoms with Crippen molar-refractivity contribution in [2.75, 3.05) is 13.1 Å². The Morgan fingerprint density at radius 1 is 1.22 bits per heavy atom. The van der Waals surface area contributed by atoms with Crippen LogP contribution in [-0.4, -0.2) is 47.2 Å². The fourth-order valence-corrected chi connectivity index (χ4v) is 4.37. The van der Waals surface area contributed by atoms with Crippen LogP contribution in [0.4, 0.5) is 4.79 Å². The van der Waals surface area contributed by atoms with E-state index >= 15 is 0 Å². The van der Waals surface area contributed by atoms with E-state index < -0.39 is 0 Å². The van der Waals surface area contributed by atoms with E-state index in [9.17, 15) is 14.7 Å². The van der Waals surface area contributed by atoms with Crippen LogP contribution < -0.4 is 10.6 Å². The number of hydrogen-bond acceptors (Lipinski definition) is 3. The van der Waals surface area contributed by atoms with E-state index in [-0.39, 0.29) is 36.0 Å². The van der Waals surface area contributed by atoms with Crippen molar-refractivity contribution in [2.24, 2.45) is 5.92 Å². The highest BCUT2D eigenvalue weighted by Crippen LogP contribution is 2.36. The molecule has 1 aromatic rings. The molecule has 6 nitrogen and oxygen atoms in total. The summed E-state index contributed by atoms with van der Waals surface area (Å²) < 4.78 is 0. The Morgan fingerprint density at radius 3 is 2.56 bits per heavy atom. The van der Waals surface area contributed by atoms with E-state index in [0.29, 0.717) is 24.5 Å². The van der Waals surface area contributed by atoms with E-state index in [0.717, 1.165) is 31.2 Å². The lowest BCUT2D eigenvalue weighted by Crippen LogP contribution is -2.49. The lowest BCUT2D eigenvalue weighted by Gasteiger charge is -2.32. The summed E-state index contributed by atoms with van der Waals surface area (Å²) in [5.41, 5.74) is 0.961. The van der Waals surface area contributed by atoms with Gasteiger partial charge in [-0.15, -0.1) is 0 Å². The van der Waals surface area contributed by atoms with Gasteiger partial charge in [0, 0.05) is 31.1 Å². The van der Waals surface area contributed by atoms with E-state index in [1.54, 1.807) is 6.92 Å². The molecule has 2 unspecified atom stereocenters. The van der Waals surface area contributed by atoms with Crippen molar-refractivity contribution in [3.05, 3.63) is 34.9 Å². The largest absolute Gasteiger partial charge is 0.393 e. The highest BCUT2D eigenvalue weighted by atomic mass is 35.5. The first kappa shape index (κ1) is 20.0. The zero-order chi connectivity index (χ0) is 19.4. The van der Waals surface area contributed by atoms with Crippen LogP contribution in [0.1, 0.15) is 50.6 Å². The molecule has 7 heteroatoms. The molecule has 148 valence electrons. The third-order valence-corrected chi connectivity index (χ3v) is 5.92. The van der Waals surface area contributed by atoms with Crippen LogP contribution in [0.15, 0.2) is 24.3 Å². The third kappa shape index (κ3) is 5.36. The highest BCUT2D eigenvalue weighted by molar-refractivity contribution is 6.30. The first-order chi connectivity index (χ1) is 12.9. The van der Waals surface area contributed by atoms with Gasteiger partial charge in [0.25, 0.3) is 0 Å². The molecule has 1 saturated heterocycles. The Hall–Kier alpha value is -1.79. The summed E-state index contributed by atoms with van der Waals surface area (Å²) in [4.78, 5) is 25.9. The number of amides is 3. The molecule has 1 saturated carbocycles. The number of rotatable bonds is 4. The molecular weight excluding hydrogens is 366 g/mol. The number of carbonyl (C=O) groups excluding carboxylic acids is 2. The van der Waals surface area contributed by atoms with Crippen LogP contribution in [0.25, 0.3) is 0 Å². The molecule has 1 aromatic carbocycles. The van der Waals surface area contributed by atoms with Crippen molar-refractivity contribution in [1.29, 1.82) is 0 Å². The average molecular weight is 394 g/mol. The molecule has 3 rings (SSSR count). The third-order valence-electron chi connectivity index (χ3n) is 5.69. The van der Waals surface area contributed by atoms with E-state index in [4.69, 9.17) is 11.6 Å². The summed E-state index contributed by atoms with van der Waals surface area (Å²) in [6, 6.07) is 7.22. The standard InChI is InChI=1S/C20H28ClN3O3/c1-13(25)24-9-7-17(8-10-24)22-20(27)23-19(15-5-6-18(26)12-15)14-3-2-4-16(21)11-14/h2-4,11,15,17-19,26H,5-10,12H2,1H3,(H2,22,23,27)/t15?,18?,19-/m1/s1. The number of nitrogens with zero attached hydrogens (tertiary/aromatic N) is 1. The van der Waals surface area contributed by atoms with Crippen molar-refractivity contribution in [3.8, 4) is 0 Å². The lowest BCUT2D eigenvalue weighted by atomic mass is 9.91. The Labute approximate surface area is 165 Å². The molecule has 2 aliphatic rings. The second-order valence-electron chi connectivity index (χ2n) is 7.66. The van der Waals surface area contributed by atoms with Gasteiger partial charge in [0.15, 0.2) is 0 Å². The van der Waals surface area contributed by atoms with Crippen molar-refractivity contribution < 1.29 is 14.7 Å². The number of likely N-dealkylation sites (tertiary alicyclic amines) is 1. The minimum Gasteiger partial charge on any atom is -0.393 e. The van der Waals surface area contributed by atoms with Gasteiger partial charge in [0.05, 0.1) is 12.1 Å². The van der Waals surface area contributed by atoms with Gasteiger partial charge < -0.3 is 20.6 Å². The number of urea groups is 1. The number of piperidine rings is 1. The number of aliphatic hydroxyl groups excluding tert-OH is 1. The topological polar surface area (TPSA) is 81.7 Å².